The van der Waals surface area contributed by atoms with Gasteiger partial charge in [0.25, 0.3) is 0 Å². The Morgan fingerprint density at radius 1 is 1.21 bits per heavy atom. The molecule has 1 aliphatic rings. The molecule has 0 bridgehead atoms. The van der Waals surface area contributed by atoms with E-state index in [2.05, 4.69) is 56.8 Å². The summed E-state index contributed by atoms with van der Waals surface area (Å²) < 4.78 is 1.25. The number of imidazole rings is 1. The largest absolute Gasteiger partial charge is 0.342 e. The van der Waals surface area contributed by atoms with Crippen molar-refractivity contribution in [2.75, 3.05) is 0 Å². The monoisotopic (exact) mass is 367 g/mol. The van der Waals surface area contributed by atoms with Crippen LogP contribution in [0.2, 0.25) is 0 Å². The fourth-order valence-corrected chi connectivity index (χ4v) is 3.16. The molecule has 0 spiro atoms. The highest BCUT2D eigenvalue weighted by atomic mass is 127. The Hall–Kier alpha value is -0.880. The van der Waals surface area contributed by atoms with Crippen molar-refractivity contribution in [3.05, 3.63) is 39.9 Å². The Kier molecular flexibility index (Phi) is 3.88. The lowest BCUT2D eigenvalue weighted by Gasteiger charge is -2.24. The number of hydrogen-bond acceptors (Lipinski definition) is 2. The zero-order chi connectivity index (χ0) is 13.2. The van der Waals surface area contributed by atoms with Crippen molar-refractivity contribution in [2.45, 2.75) is 37.6 Å². The van der Waals surface area contributed by atoms with E-state index in [4.69, 9.17) is 5.73 Å². The standard InChI is InChI=1S/C15H18IN3/c16-12-6-4-10(5-7-12)14-9-18-15(19-14)11-2-1-3-13(17)8-11/h4-7,9,11,13H,1-3,8,17H2,(H,18,19). The van der Waals surface area contributed by atoms with Gasteiger partial charge in [-0.2, -0.15) is 0 Å². The van der Waals surface area contributed by atoms with Gasteiger partial charge in [-0.15, -0.1) is 0 Å². The number of aromatic nitrogens is 2. The second-order valence-corrected chi connectivity index (χ2v) is 6.56. The number of nitrogens with zero attached hydrogens (tertiary/aromatic N) is 1. The van der Waals surface area contributed by atoms with Gasteiger partial charge in [0.05, 0.1) is 11.9 Å². The molecule has 2 unspecified atom stereocenters. The minimum Gasteiger partial charge on any atom is -0.342 e. The molecule has 3 N–H and O–H groups in total. The average Bonchev–Trinajstić information content (AvgIpc) is 2.89. The van der Waals surface area contributed by atoms with Gasteiger partial charge < -0.3 is 10.7 Å². The first-order chi connectivity index (χ1) is 9.22. The second kappa shape index (κ2) is 5.63. The molecule has 4 heteroatoms. The van der Waals surface area contributed by atoms with Gasteiger partial charge in [-0.05, 0) is 59.5 Å². The van der Waals surface area contributed by atoms with E-state index in [-0.39, 0.29) is 0 Å². The Bertz CT molecular complexity index is 547. The van der Waals surface area contributed by atoms with Crippen molar-refractivity contribution in [1.82, 2.24) is 9.97 Å². The summed E-state index contributed by atoms with van der Waals surface area (Å²) in [5.41, 5.74) is 8.35. The van der Waals surface area contributed by atoms with Crippen molar-refractivity contribution in [1.29, 1.82) is 0 Å². The second-order valence-electron chi connectivity index (χ2n) is 5.31. The van der Waals surface area contributed by atoms with Crippen LogP contribution >= 0.6 is 22.6 Å². The lowest BCUT2D eigenvalue weighted by molar-refractivity contribution is 0.383. The van der Waals surface area contributed by atoms with E-state index in [1.54, 1.807) is 0 Å². The third kappa shape index (κ3) is 3.00. The zero-order valence-electron chi connectivity index (χ0n) is 10.8. The highest BCUT2D eigenvalue weighted by Gasteiger charge is 2.23. The van der Waals surface area contributed by atoms with Crippen LogP contribution in [0.5, 0.6) is 0 Å². The van der Waals surface area contributed by atoms with Gasteiger partial charge in [-0.1, -0.05) is 18.6 Å². The first-order valence-electron chi connectivity index (χ1n) is 6.79. The number of halogens is 1. The summed E-state index contributed by atoms with van der Waals surface area (Å²) in [7, 11) is 0. The Morgan fingerprint density at radius 2 is 2.00 bits per heavy atom. The average molecular weight is 367 g/mol. The van der Waals surface area contributed by atoms with Gasteiger partial charge in [0, 0.05) is 15.5 Å². The van der Waals surface area contributed by atoms with Gasteiger partial charge in [0.2, 0.25) is 0 Å². The number of benzene rings is 1. The van der Waals surface area contributed by atoms with Crippen molar-refractivity contribution < 1.29 is 0 Å². The third-order valence-electron chi connectivity index (χ3n) is 3.85. The predicted octanol–water partition coefficient (Wildman–Crippen LogP) is 3.67. The molecule has 1 heterocycles. The van der Waals surface area contributed by atoms with Gasteiger partial charge in [0.1, 0.15) is 5.82 Å². The molecule has 0 radical (unpaired) electrons. The lowest BCUT2D eigenvalue weighted by atomic mass is 9.86. The molecule has 0 aliphatic heterocycles. The van der Waals surface area contributed by atoms with E-state index in [9.17, 15) is 0 Å². The number of hydrogen-bond donors (Lipinski definition) is 2. The predicted molar refractivity (Wildman–Crippen MR) is 85.9 cm³/mol. The Labute approximate surface area is 127 Å². The number of rotatable bonds is 2. The van der Waals surface area contributed by atoms with Crippen LogP contribution in [0.3, 0.4) is 0 Å². The fourth-order valence-electron chi connectivity index (χ4n) is 2.80. The highest BCUT2D eigenvalue weighted by molar-refractivity contribution is 14.1. The van der Waals surface area contributed by atoms with Gasteiger partial charge in [-0.3, -0.25) is 0 Å². The zero-order valence-corrected chi connectivity index (χ0v) is 12.9. The lowest BCUT2D eigenvalue weighted by Crippen LogP contribution is -2.27. The maximum Gasteiger partial charge on any atom is 0.109 e. The summed E-state index contributed by atoms with van der Waals surface area (Å²) in [5, 5.41) is 0. The minimum absolute atomic E-state index is 0.339. The molecule has 19 heavy (non-hydrogen) atoms. The molecular weight excluding hydrogens is 349 g/mol. The van der Waals surface area contributed by atoms with Crippen molar-refractivity contribution in [2.24, 2.45) is 5.73 Å². The quantitative estimate of drug-likeness (QED) is 0.796. The van der Waals surface area contributed by atoms with Crippen molar-refractivity contribution >= 4 is 22.6 Å². The smallest absolute Gasteiger partial charge is 0.109 e. The Morgan fingerprint density at radius 3 is 2.74 bits per heavy atom. The molecule has 1 fully saturated rings. The molecular formula is C15H18IN3. The Balaban J connectivity index is 1.81. The first kappa shape index (κ1) is 13.1. The summed E-state index contributed by atoms with van der Waals surface area (Å²) in [4.78, 5) is 8.03. The van der Waals surface area contributed by atoms with Crippen LogP contribution in [0.1, 0.15) is 37.4 Å². The molecule has 2 atom stereocenters. The van der Waals surface area contributed by atoms with Crippen LogP contribution in [0, 0.1) is 3.57 Å². The molecule has 2 aromatic rings. The normalized spacial score (nSPS) is 23.5. The highest BCUT2D eigenvalue weighted by Crippen LogP contribution is 2.31. The molecule has 1 aromatic heterocycles. The van der Waals surface area contributed by atoms with E-state index in [1.807, 2.05) is 6.20 Å². The van der Waals surface area contributed by atoms with E-state index in [1.165, 1.54) is 22.0 Å². The topological polar surface area (TPSA) is 54.7 Å². The van der Waals surface area contributed by atoms with Gasteiger partial charge in [-0.25, -0.2) is 4.98 Å². The van der Waals surface area contributed by atoms with Crippen LogP contribution < -0.4 is 5.73 Å². The summed E-state index contributed by atoms with van der Waals surface area (Å²) in [6, 6.07) is 8.84. The van der Waals surface area contributed by atoms with Crippen molar-refractivity contribution in [3.8, 4) is 11.3 Å². The molecule has 3 rings (SSSR count). The van der Waals surface area contributed by atoms with Crippen LogP contribution in [0.15, 0.2) is 30.5 Å². The van der Waals surface area contributed by atoms with E-state index in [0.717, 1.165) is 24.4 Å². The van der Waals surface area contributed by atoms with Gasteiger partial charge in [0.15, 0.2) is 0 Å². The SMILES string of the molecule is NC1CCCC(c2ncc(-c3ccc(I)cc3)[nH]2)C1. The summed E-state index contributed by atoms with van der Waals surface area (Å²) in [6.45, 7) is 0. The van der Waals surface area contributed by atoms with Crippen LogP contribution in [0.4, 0.5) is 0 Å². The minimum atomic E-state index is 0.339. The van der Waals surface area contributed by atoms with Crippen LogP contribution in [-0.2, 0) is 0 Å². The van der Waals surface area contributed by atoms with E-state index < -0.39 is 0 Å². The van der Waals surface area contributed by atoms with Crippen LogP contribution in [-0.4, -0.2) is 16.0 Å². The maximum atomic E-state index is 6.05. The molecule has 3 nitrogen and oxygen atoms in total. The van der Waals surface area contributed by atoms with Crippen LogP contribution in [0.25, 0.3) is 11.3 Å². The molecule has 0 amide bonds. The number of aromatic amines is 1. The van der Waals surface area contributed by atoms with Crippen molar-refractivity contribution in [3.63, 3.8) is 0 Å². The first-order valence-corrected chi connectivity index (χ1v) is 7.86. The van der Waals surface area contributed by atoms with Gasteiger partial charge >= 0.3 is 0 Å². The molecule has 1 aromatic carbocycles. The third-order valence-corrected chi connectivity index (χ3v) is 4.57. The molecule has 100 valence electrons. The fraction of sp³-hybridized carbons (Fsp3) is 0.400. The molecule has 1 aliphatic carbocycles. The number of H-pyrrole nitrogens is 1. The number of nitrogens with one attached hydrogen (secondary N) is 1. The summed E-state index contributed by atoms with van der Waals surface area (Å²) >= 11 is 2.32. The summed E-state index contributed by atoms with van der Waals surface area (Å²) in [5.74, 6) is 1.60. The maximum absolute atomic E-state index is 6.05. The van der Waals surface area contributed by atoms with E-state index >= 15 is 0 Å². The molecule has 1 saturated carbocycles. The summed E-state index contributed by atoms with van der Waals surface area (Å²) in [6.07, 6.45) is 6.57. The number of nitrogens with two attached hydrogens (primary N) is 1. The molecule has 0 saturated heterocycles. The van der Waals surface area contributed by atoms with E-state index in [0.29, 0.717) is 12.0 Å².